The van der Waals surface area contributed by atoms with Gasteiger partial charge in [0.1, 0.15) is 0 Å². The highest BCUT2D eigenvalue weighted by Gasteiger charge is 2.20. The van der Waals surface area contributed by atoms with Crippen LogP contribution in [0.2, 0.25) is 0 Å². The van der Waals surface area contributed by atoms with Crippen molar-refractivity contribution in [2.75, 3.05) is 12.1 Å². The van der Waals surface area contributed by atoms with Gasteiger partial charge in [-0.25, -0.2) is 4.98 Å². The van der Waals surface area contributed by atoms with E-state index in [4.69, 9.17) is 9.47 Å². The van der Waals surface area contributed by atoms with Crippen LogP contribution in [0.1, 0.15) is 6.92 Å². The van der Waals surface area contributed by atoms with E-state index in [2.05, 4.69) is 21.4 Å². The van der Waals surface area contributed by atoms with Gasteiger partial charge in [0.25, 0.3) is 0 Å². The van der Waals surface area contributed by atoms with E-state index in [0.29, 0.717) is 23.7 Å². The summed E-state index contributed by atoms with van der Waals surface area (Å²) in [5.41, 5.74) is 2.62. The Balaban J connectivity index is 1.51. The van der Waals surface area contributed by atoms with E-state index in [1.807, 2.05) is 37.3 Å². The van der Waals surface area contributed by atoms with Gasteiger partial charge >= 0.3 is 0 Å². The number of carbonyl (C=O) groups excluding carboxylic acids is 1. The van der Waals surface area contributed by atoms with Crippen LogP contribution >= 0.6 is 11.8 Å². The maximum Gasteiger partial charge on any atom is 0.237 e. The van der Waals surface area contributed by atoms with Crippen molar-refractivity contribution in [1.82, 2.24) is 9.55 Å². The zero-order valence-corrected chi connectivity index (χ0v) is 15.7. The summed E-state index contributed by atoms with van der Waals surface area (Å²) in [7, 11) is 0. The summed E-state index contributed by atoms with van der Waals surface area (Å²) in [6.45, 7) is 6.53. The standard InChI is InChI=1S/C20H19N3O3S/c1-3-10-23-16-7-5-4-6-15(16)22-20(23)27-13(2)19(24)21-14-8-9-17-18(11-14)26-12-25-17/h3-9,11,13H,1,10,12H2,2H3,(H,21,24)/t13-/m1/s1. The Morgan fingerprint density at radius 1 is 1.33 bits per heavy atom. The zero-order chi connectivity index (χ0) is 18.8. The van der Waals surface area contributed by atoms with E-state index < -0.39 is 0 Å². The predicted octanol–water partition coefficient (Wildman–Crippen LogP) is 4.07. The number of amides is 1. The molecule has 1 aliphatic heterocycles. The van der Waals surface area contributed by atoms with Crippen LogP contribution in [0.4, 0.5) is 5.69 Å². The van der Waals surface area contributed by atoms with Crippen molar-refractivity contribution in [3.8, 4) is 11.5 Å². The minimum atomic E-state index is -0.323. The molecular weight excluding hydrogens is 362 g/mol. The van der Waals surface area contributed by atoms with Crippen LogP contribution in [0, 0.1) is 0 Å². The molecule has 1 atom stereocenters. The van der Waals surface area contributed by atoms with Gasteiger partial charge in [0.05, 0.1) is 16.3 Å². The Morgan fingerprint density at radius 2 is 2.15 bits per heavy atom. The summed E-state index contributed by atoms with van der Waals surface area (Å²) in [5.74, 6) is 1.23. The lowest BCUT2D eigenvalue weighted by molar-refractivity contribution is -0.115. The van der Waals surface area contributed by atoms with E-state index in [1.54, 1.807) is 18.2 Å². The minimum absolute atomic E-state index is 0.101. The van der Waals surface area contributed by atoms with Crippen molar-refractivity contribution in [2.24, 2.45) is 0 Å². The Kier molecular flexibility index (Phi) is 4.77. The first-order chi connectivity index (χ1) is 13.2. The third-order valence-electron chi connectivity index (χ3n) is 4.22. The number of aromatic nitrogens is 2. The molecule has 0 saturated carbocycles. The first kappa shape index (κ1) is 17.5. The first-order valence-electron chi connectivity index (χ1n) is 8.59. The SMILES string of the molecule is C=CCn1c(S[C@H](C)C(=O)Nc2ccc3c(c2)OCO3)nc2ccccc21. The molecule has 6 nitrogen and oxygen atoms in total. The fourth-order valence-electron chi connectivity index (χ4n) is 2.88. The van der Waals surface area contributed by atoms with Gasteiger partial charge in [-0.15, -0.1) is 6.58 Å². The zero-order valence-electron chi connectivity index (χ0n) is 14.8. The molecule has 1 amide bonds. The van der Waals surface area contributed by atoms with Crippen LogP contribution < -0.4 is 14.8 Å². The van der Waals surface area contributed by atoms with E-state index >= 15 is 0 Å². The van der Waals surface area contributed by atoms with Crippen molar-refractivity contribution in [2.45, 2.75) is 23.9 Å². The number of benzene rings is 2. The summed E-state index contributed by atoms with van der Waals surface area (Å²) < 4.78 is 12.7. The number of hydrogen-bond donors (Lipinski definition) is 1. The molecular formula is C20H19N3O3S. The van der Waals surface area contributed by atoms with E-state index in [-0.39, 0.29) is 18.0 Å². The summed E-state index contributed by atoms with van der Waals surface area (Å²) >= 11 is 1.42. The van der Waals surface area contributed by atoms with Crippen molar-refractivity contribution in [1.29, 1.82) is 0 Å². The van der Waals surface area contributed by atoms with Gasteiger partial charge in [0.2, 0.25) is 12.7 Å². The van der Waals surface area contributed by atoms with Crippen molar-refractivity contribution in [3.63, 3.8) is 0 Å². The van der Waals surface area contributed by atoms with E-state index in [1.165, 1.54) is 11.8 Å². The number of nitrogens with zero attached hydrogens (tertiary/aromatic N) is 2. The molecule has 0 aliphatic carbocycles. The Labute approximate surface area is 161 Å². The predicted molar refractivity (Wildman–Crippen MR) is 106 cm³/mol. The highest BCUT2D eigenvalue weighted by Crippen LogP contribution is 2.34. The molecule has 1 aliphatic rings. The van der Waals surface area contributed by atoms with Crippen molar-refractivity contribution in [3.05, 3.63) is 55.1 Å². The van der Waals surface area contributed by atoms with Gasteiger partial charge in [-0.2, -0.15) is 0 Å². The molecule has 0 unspecified atom stereocenters. The number of rotatable bonds is 6. The molecule has 0 bridgehead atoms. The van der Waals surface area contributed by atoms with Crippen LogP contribution in [0.15, 0.2) is 60.3 Å². The number of hydrogen-bond acceptors (Lipinski definition) is 5. The highest BCUT2D eigenvalue weighted by atomic mass is 32.2. The van der Waals surface area contributed by atoms with E-state index in [0.717, 1.165) is 16.2 Å². The van der Waals surface area contributed by atoms with Crippen molar-refractivity contribution >= 4 is 34.4 Å². The molecule has 1 N–H and O–H groups in total. The van der Waals surface area contributed by atoms with Gasteiger partial charge in [0.15, 0.2) is 16.7 Å². The largest absolute Gasteiger partial charge is 0.454 e. The second-order valence-electron chi connectivity index (χ2n) is 6.10. The fourth-order valence-corrected chi connectivity index (χ4v) is 3.81. The second kappa shape index (κ2) is 7.36. The van der Waals surface area contributed by atoms with Crippen LogP contribution in [0.25, 0.3) is 11.0 Å². The fraction of sp³-hybridized carbons (Fsp3) is 0.200. The first-order valence-corrected chi connectivity index (χ1v) is 9.47. The molecule has 138 valence electrons. The lowest BCUT2D eigenvalue weighted by Gasteiger charge is -2.13. The molecule has 3 aromatic rings. The molecule has 0 spiro atoms. The van der Waals surface area contributed by atoms with Gasteiger partial charge < -0.3 is 19.4 Å². The quantitative estimate of drug-likeness (QED) is 0.515. The van der Waals surface area contributed by atoms with E-state index in [9.17, 15) is 4.79 Å². The Bertz CT molecular complexity index is 1010. The minimum Gasteiger partial charge on any atom is -0.454 e. The number of anilines is 1. The normalized spacial score (nSPS) is 13.5. The summed E-state index contributed by atoms with van der Waals surface area (Å²) in [6.07, 6.45) is 1.83. The molecule has 1 aromatic heterocycles. The van der Waals surface area contributed by atoms with Crippen LogP contribution in [0.5, 0.6) is 11.5 Å². The highest BCUT2D eigenvalue weighted by molar-refractivity contribution is 8.00. The summed E-state index contributed by atoms with van der Waals surface area (Å²) in [5, 5.41) is 3.40. The number of nitrogens with one attached hydrogen (secondary N) is 1. The van der Waals surface area contributed by atoms with Gasteiger partial charge in [-0.1, -0.05) is 30.0 Å². The summed E-state index contributed by atoms with van der Waals surface area (Å²) in [6, 6.07) is 13.3. The van der Waals surface area contributed by atoms with Gasteiger partial charge in [0, 0.05) is 18.3 Å². The van der Waals surface area contributed by atoms with Crippen LogP contribution in [0.3, 0.4) is 0 Å². The number of imidazole rings is 1. The van der Waals surface area contributed by atoms with Gasteiger partial charge in [-0.05, 0) is 31.2 Å². The topological polar surface area (TPSA) is 65.4 Å². The Morgan fingerprint density at radius 3 is 3.00 bits per heavy atom. The maximum absolute atomic E-state index is 12.6. The number of thioether (sulfide) groups is 1. The van der Waals surface area contributed by atoms with Gasteiger partial charge in [-0.3, -0.25) is 4.79 Å². The second-order valence-corrected chi connectivity index (χ2v) is 7.41. The van der Waals surface area contributed by atoms with Crippen LogP contribution in [-0.4, -0.2) is 27.5 Å². The molecule has 27 heavy (non-hydrogen) atoms. The number of ether oxygens (including phenoxy) is 2. The maximum atomic E-state index is 12.6. The molecule has 0 fully saturated rings. The average molecular weight is 381 g/mol. The number of allylic oxidation sites excluding steroid dienone is 1. The third-order valence-corrected chi connectivity index (χ3v) is 5.31. The van der Waals surface area contributed by atoms with Crippen LogP contribution in [-0.2, 0) is 11.3 Å². The lowest BCUT2D eigenvalue weighted by atomic mass is 10.2. The summed E-state index contributed by atoms with van der Waals surface area (Å²) in [4.78, 5) is 17.3. The van der Waals surface area contributed by atoms with Crippen molar-refractivity contribution < 1.29 is 14.3 Å². The third kappa shape index (κ3) is 3.50. The smallest absolute Gasteiger partial charge is 0.237 e. The molecule has 4 rings (SSSR count). The Hall–Kier alpha value is -2.93. The molecule has 0 radical (unpaired) electrons. The average Bonchev–Trinajstić information content (AvgIpc) is 3.26. The monoisotopic (exact) mass is 381 g/mol. The number of carbonyl (C=O) groups is 1. The molecule has 7 heteroatoms. The number of fused-ring (bicyclic) bond motifs is 2. The molecule has 2 heterocycles. The molecule has 2 aromatic carbocycles. The number of para-hydroxylation sites is 2. The molecule has 0 saturated heterocycles. The lowest BCUT2D eigenvalue weighted by Crippen LogP contribution is -2.22.